The van der Waals surface area contributed by atoms with E-state index in [2.05, 4.69) is 10.6 Å². The second kappa shape index (κ2) is 7.32. The van der Waals surface area contributed by atoms with E-state index in [1.165, 1.54) is 23.1 Å². The molecule has 0 unspecified atom stereocenters. The van der Waals surface area contributed by atoms with Crippen molar-refractivity contribution in [2.75, 3.05) is 26.7 Å². The lowest BCUT2D eigenvalue weighted by atomic mass is 9.89. The molecule has 8 nitrogen and oxygen atoms in total. The number of nitrogens with zero attached hydrogens (tertiary/aromatic N) is 3. The second-order valence-corrected chi connectivity index (χ2v) is 6.97. The first-order valence-electron chi connectivity index (χ1n) is 8.61. The first-order chi connectivity index (χ1) is 12.8. The Morgan fingerprint density at radius 3 is 2.89 bits per heavy atom. The minimum atomic E-state index is -0.985. The number of urea groups is 1. The van der Waals surface area contributed by atoms with E-state index in [-0.39, 0.29) is 37.0 Å². The molecule has 2 aliphatic rings. The summed E-state index contributed by atoms with van der Waals surface area (Å²) in [6, 6.07) is 5.45. The predicted octanol–water partition coefficient (Wildman–Crippen LogP) is 0.330. The van der Waals surface area contributed by atoms with Gasteiger partial charge < -0.3 is 10.2 Å². The molecular formula is C18H20FN5O3. The number of likely N-dealkylation sites (tertiary alicyclic amines) is 1. The van der Waals surface area contributed by atoms with E-state index in [4.69, 9.17) is 5.26 Å². The highest BCUT2D eigenvalue weighted by Crippen LogP contribution is 2.24. The molecule has 0 bridgehead atoms. The number of halogens is 1. The van der Waals surface area contributed by atoms with Gasteiger partial charge in [-0.3, -0.25) is 19.8 Å². The van der Waals surface area contributed by atoms with E-state index in [9.17, 15) is 18.8 Å². The molecule has 142 valence electrons. The number of carbonyl (C=O) groups is 3. The highest BCUT2D eigenvalue weighted by atomic mass is 19.1. The zero-order valence-corrected chi connectivity index (χ0v) is 14.9. The Morgan fingerprint density at radius 2 is 2.22 bits per heavy atom. The van der Waals surface area contributed by atoms with Gasteiger partial charge in [0.25, 0.3) is 5.91 Å². The van der Waals surface area contributed by atoms with Crippen LogP contribution in [0.2, 0.25) is 0 Å². The summed E-state index contributed by atoms with van der Waals surface area (Å²) in [4.78, 5) is 39.3. The maximum absolute atomic E-state index is 13.9. The summed E-state index contributed by atoms with van der Waals surface area (Å²) < 4.78 is 13.9. The molecule has 0 saturated carbocycles. The van der Waals surface area contributed by atoms with Crippen LogP contribution in [-0.4, -0.2) is 59.9 Å². The van der Waals surface area contributed by atoms with E-state index in [0.717, 1.165) is 0 Å². The highest BCUT2D eigenvalue weighted by Gasteiger charge is 2.48. The molecule has 1 aromatic rings. The SMILES string of the molecule is CN(Cc1cc(C#N)ccc1F)C(=O)CN1CCC[C@@]2(C1)NC(=O)NC2=O. The average Bonchev–Trinajstić information content (AvgIpc) is 2.89. The van der Waals surface area contributed by atoms with Crippen LogP contribution in [0, 0.1) is 17.1 Å². The van der Waals surface area contributed by atoms with Gasteiger partial charge in [0.05, 0.1) is 18.2 Å². The van der Waals surface area contributed by atoms with Gasteiger partial charge in [-0.25, -0.2) is 9.18 Å². The minimum Gasteiger partial charge on any atom is -0.340 e. The van der Waals surface area contributed by atoms with Gasteiger partial charge in [0.15, 0.2) is 0 Å². The number of rotatable bonds is 4. The summed E-state index contributed by atoms with van der Waals surface area (Å²) in [5, 5.41) is 13.8. The molecule has 2 saturated heterocycles. The Morgan fingerprint density at radius 1 is 1.44 bits per heavy atom. The van der Waals surface area contributed by atoms with E-state index in [0.29, 0.717) is 24.9 Å². The number of hydrogen-bond acceptors (Lipinski definition) is 5. The zero-order chi connectivity index (χ0) is 19.6. The Hall–Kier alpha value is -2.99. The van der Waals surface area contributed by atoms with Gasteiger partial charge in [-0.15, -0.1) is 0 Å². The predicted molar refractivity (Wildman–Crippen MR) is 92.7 cm³/mol. The maximum atomic E-state index is 13.9. The quantitative estimate of drug-likeness (QED) is 0.740. The maximum Gasteiger partial charge on any atom is 0.322 e. The van der Waals surface area contributed by atoms with E-state index < -0.39 is 17.4 Å². The fourth-order valence-electron chi connectivity index (χ4n) is 3.52. The summed E-state index contributed by atoms with van der Waals surface area (Å²) in [7, 11) is 1.56. The van der Waals surface area contributed by atoms with Crippen LogP contribution >= 0.6 is 0 Å². The van der Waals surface area contributed by atoms with E-state index >= 15 is 0 Å². The number of imide groups is 1. The lowest BCUT2D eigenvalue weighted by Gasteiger charge is -2.38. The smallest absolute Gasteiger partial charge is 0.322 e. The molecule has 27 heavy (non-hydrogen) atoms. The number of nitriles is 1. The van der Waals surface area contributed by atoms with Crippen molar-refractivity contribution in [2.24, 2.45) is 0 Å². The number of benzene rings is 1. The van der Waals surface area contributed by atoms with Gasteiger partial charge in [-0.1, -0.05) is 0 Å². The Bertz CT molecular complexity index is 837. The molecule has 2 N–H and O–H groups in total. The van der Waals surface area contributed by atoms with Gasteiger partial charge in [-0.2, -0.15) is 5.26 Å². The Labute approximate surface area is 155 Å². The fourth-order valence-corrected chi connectivity index (χ4v) is 3.52. The summed E-state index contributed by atoms with van der Waals surface area (Å²) in [6.45, 7) is 0.975. The third kappa shape index (κ3) is 3.90. The van der Waals surface area contributed by atoms with Gasteiger partial charge in [0.1, 0.15) is 11.4 Å². The van der Waals surface area contributed by atoms with Crippen LogP contribution in [0.25, 0.3) is 0 Å². The topological polar surface area (TPSA) is 106 Å². The molecule has 2 aliphatic heterocycles. The standard InChI is InChI=1S/C18H20FN5O3/c1-23(9-13-7-12(8-20)3-4-14(13)19)15(25)10-24-6-2-5-18(11-24)16(26)21-17(27)22-18/h3-4,7H,2,5-6,9-11H2,1H3,(H2,21,22,26,27)/t18-/m0/s1. The summed E-state index contributed by atoms with van der Waals surface area (Å²) in [6.07, 6.45) is 1.20. The van der Waals surface area contributed by atoms with Crippen molar-refractivity contribution in [1.82, 2.24) is 20.4 Å². The van der Waals surface area contributed by atoms with Crippen molar-refractivity contribution < 1.29 is 18.8 Å². The van der Waals surface area contributed by atoms with Gasteiger partial charge in [0, 0.05) is 25.7 Å². The first-order valence-corrected chi connectivity index (χ1v) is 8.61. The van der Waals surface area contributed by atoms with Gasteiger partial charge in [0.2, 0.25) is 5.91 Å². The monoisotopic (exact) mass is 373 g/mol. The molecular weight excluding hydrogens is 353 g/mol. The van der Waals surface area contributed by atoms with E-state index in [1.54, 1.807) is 7.05 Å². The van der Waals surface area contributed by atoms with Crippen LogP contribution in [0.5, 0.6) is 0 Å². The van der Waals surface area contributed by atoms with Crippen molar-refractivity contribution in [1.29, 1.82) is 5.26 Å². The van der Waals surface area contributed by atoms with Crippen molar-refractivity contribution in [2.45, 2.75) is 24.9 Å². The number of nitrogens with one attached hydrogen (secondary N) is 2. The molecule has 2 heterocycles. The van der Waals surface area contributed by atoms with Crippen LogP contribution in [-0.2, 0) is 16.1 Å². The third-order valence-electron chi connectivity index (χ3n) is 4.95. The lowest BCUT2D eigenvalue weighted by Crippen LogP contribution is -2.59. The van der Waals surface area contributed by atoms with Crippen LogP contribution in [0.3, 0.4) is 0 Å². The second-order valence-electron chi connectivity index (χ2n) is 6.97. The number of hydrogen-bond donors (Lipinski definition) is 2. The number of amides is 4. The lowest BCUT2D eigenvalue weighted by molar-refractivity contribution is -0.134. The molecule has 3 rings (SSSR count). The van der Waals surface area contributed by atoms with Crippen LogP contribution in [0.4, 0.5) is 9.18 Å². The van der Waals surface area contributed by atoms with Crippen molar-refractivity contribution in [3.8, 4) is 6.07 Å². The van der Waals surface area contributed by atoms with Crippen LogP contribution in [0.15, 0.2) is 18.2 Å². The molecule has 1 spiro atoms. The minimum absolute atomic E-state index is 0.0381. The normalized spacial score (nSPS) is 22.3. The summed E-state index contributed by atoms with van der Waals surface area (Å²) in [5.41, 5.74) is -0.392. The third-order valence-corrected chi connectivity index (χ3v) is 4.95. The molecule has 2 fully saturated rings. The summed E-state index contributed by atoms with van der Waals surface area (Å²) >= 11 is 0. The molecule has 1 atom stereocenters. The van der Waals surface area contributed by atoms with Crippen LogP contribution in [0.1, 0.15) is 24.0 Å². The molecule has 9 heteroatoms. The Kier molecular flexibility index (Phi) is 5.10. The molecule has 0 aliphatic carbocycles. The van der Waals surface area contributed by atoms with Crippen molar-refractivity contribution in [3.05, 3.63) is 35.1 Å². The Balaban J connectivity index is 1.62. The van der Waals surface area contributed by atoms with Crippen molar-refractivity contribution in [3.63, 3.8) is 0 Å². The van der Waals surface area contributed by atoms with E-state index in [1.807, 2.05) is 11.0 Å². The van der Waals surface area contributed by atoms with Crippen molar-refractivity contribution >= 4 is 17.8 Å². The van der Waals surface area contributed by atoms with Gasteiger partial charge >= 0.3 is 6.03 Å². The average molecular weight is 373 g/mol. The molecule has 0 radical (unpaired) electrons. The zero-order valence-electron chi connectivity index (χ0n) is 14.9. The van der Waals surface area contributed by atoms with Crippen LogP contribution < -0.4 is 10.6 Å². The fraction of sp³-hybridized carbons (Fsp3) is 0.444. The largest absolute Gasteiger partial charge is 0.340 e. The first kappa shape index (κ1) is 18.8. The molecule has 1 aromatic carbocycles. The highest BCUT2D eigenvalue weighted by molar-refractivity contribution is 6.07. The number of likely N-dealkylation sites (N-methyl/N-ethyl adjacent to an activating group) is 1. The summed E-state index contributed by atoms with van der Waals surface area (Å²) in [5.74, 6) is -1.08. The molecule has 4 amide bonds. The molecule has 0 aromatic heterocycles. The van der Waals surface area contributed by atoms with Gasteiger partial charge in [-0.05, 0) is 37.6 Å². The number of piperidine rings is 1. The number of carbonyl (C=O) groups excluding carboxylic acids is 3.